The Labute approximate surface area is 92.3 Å². The number of carbonyl (C=O) groups is 1. The molecule has 0 saturated heterocycles. The van der Waals surface area contributed by atoms with E-state index in [0.717, 1.165) is 5.75 Å². The Morgan fingerprint density at radius 1 is 1.14 bits per heavy atom. The summed E-state index contributed by atoms with van der Waals surface area (Å²) in [6, 6.07) is 0. The topological polar surface area (TPSA) is 17.1 Å². The molecule has 14 heavy (non-hydrogen) atoms. The van der Waals surface area contributed by atoms with Crippen LogP contribution in [0.15, 0.2) is 11.5 Å². The molecule has 0 bridgehead atoms. The maximum Gasteiger partial charge on any atom is 0.161 e. The lowest BCUT2D eigenvalue weighted by Gasteiger charge is -2.16. The van der Waals surface area contributed by atoms with Gasteiger partial charge in [-0.15, -0.1) is 11.8 Å². The zero-order chi connectivity index (χ0) is 11.4. The first-order chi connectivity index (χ1) is 6.13. The second kappa shape index (κ2) is 5.01. The molecular formula is C12H22OS. The molecule has 0 saturated carbocycles. The van der Waals surface area contributed by atoms with Gasteiger partial charge >= 0.3 is 0 Å². The van der Waals surface area contributed by atoms with E-state index in [1.807, 2.05) is 26.2 Å². The second-order valence-corrected chi connectivity index (χ2v) is 6.68. The molecule has 0 radical (unpaired) electrons. The van der Waals surface area contributed by atoms with E-state index in [9.17, 15) is 4.79 Å². The monoisotopic (exact) mass is 214 g/mol. The molecule has 2 heteroatoms. The van der Waals surface area contributed by atoms with Crippen LogP contribution in [0.25, 0.3) is 0 Å². The number of thioether (sulfide) groups is 1. The highest BCUT2D eigenvalue weighted by atomic mass is 32.2. The quantitative estimate of drug-likeness (QED) is 0.663. The van der Waals surface area contributed by atoms with E-state index in [4.69, 9.17) is 0 Å². The molecule has 0 aromatic carbocycles. The molecule has 0 fully saturated rings. The lowest BCUT2D eigenvalue weighted by molar-refractivity contribution is -0.121. The molecule has 0 aromatic rings. The Balaban J connectivity index is 3.92. The van der Waals surface area contributed by atoms with Gasteiger partial charge in [-0.3, -0.25) is 4.79 Å². The third-order valence-corrected chi connectivity index (χ3v) is 2.93. The number of hydrogen-bond acceptors (Lipinski definition) is 2. The van der Waals surface area contributed by atoms with Crippen LogP contribution in [0.2, 0.25) is 0 Å². The highest BCUT2D eigenvalue weighted by Gasteiger charge is 2.18. The number of carbonyl (C=O) groups excluding carboxylic acids is 1. The minimum absolute atomic E-state index is 0.193. The fourth-order valence-electron chi connectivity index (χ4n) is 0.658. The predicted octanol–water partition coefficient (Wildman–Crippen LogP) is 3.89. The number of allylic oxidation sites excluding steroid dienone is 1. The highest BCUT2D eigenvalue weighted by molar-refractivity contribution is 8.02. The van der Waals surface area contributed by atoms with Crippen LogP contribution in [0.1, 0.15) is 41.5 Å². The Hall–Kier alpha value is -0.240. The molecule has 0 aromatic heterocycles. The molecule has 0 unspecified atom stereocenters. The molecule has 0 rings (SSSR count). The van der Waals surface area contributed by atoms with Crippen molar-refractivity contribution in [3.63, 3.8) is 0 Å². The van der Waals surface area contributed by atoms with Gasteiger partial charge in [0.1, 0.15) is 0 Å². The molecule has 0 aliphatic rings. The summed E-state index contributed by atoms with van der Waals surface area (Å²) in [5, 5.41) is 1.92. The summed E-state index contributed by atoms with van der Waals surface area (Å²) >= 11 is 1.70. The van der Waals surface area contributed by atoms with E-state index in [1.165, 1.54) is 0 Å². The second-order valence-electron chi connectivity index (χ2n) is 5.79. The lowest BCUT2D eigenvalue weighted by atomic mass is 9.91. The molecule has 1 nitrogen and oxygen atoms in total. The van der Waals surface area contributed by atoms with Gasteiger partial charge in [-0.2, -0.15) is 0 Å². The summed E-state index contributed by atoms with van der Waals surface area (Å²) < 4.78 is 0. The van der Waals surface area contributed by atoms with Crippen molar-refractivity contribution >= 4 is 17.5 Å². The van der Waals surface area contributed by atoms with E-state index < -0.39 is 0 Å². The third-order valence-electron chi connectivity index (χ3n) is 1.57. The smallest absolute Gasteiger partial charge is 0.161 e. The largest absolute Gasteiger partial charge is 0.294 e. The Morgan fingerprint density at radius 3 is 2.00 bits per heavy atom. The molecule has 0 N–H and O–H groups in total. The van der Waals surface area contributed by atoms with Crippen molar-refractivity contribution in [2.24, 2.45) is 10.8 Å². The summed E-state index contributed by atoms with van der Waals surface area (Å²) in [5.41, 5.74) is 0.0680. The van der Waals surface area contributed by atoms with Gasteiger partial charge in [0.25, 0.3) is 0 Å². The fourth-order valence-corrected chi connectivity index (χ4v) is 1.47. The van der Waals surface area contributed by atoms with Crippen LogP contribution in [0.5, 0.6) is 0 Å². The Morgan fingerprint density at radius 2 is 1.64 bits per heavy atom. The van der Waals surface area contributed by atoms with E-state index in [0.29, 0.717) is 5.41 Å². The van der Waals surface area contributed by atoms with E-state index in [-0.39, 0.29) is 11.2 Å². The van der Waals surface area contributed by atoms with E-state index >= 15 is 0 Å². The zero-order valence-electron chi connectivity index (χ0n) is 10.2. The highest BCUT2D eigenvalue weighted by Crippen LogP contribution is 2.22. The van der Waals surface area contributed by atoms with Crippen molar-refractivity contribution < 1.29 is 4.79 Å². The van der Waals surface area contributed by atoms with Crippen molar-refractivity contribution in [2.75, 3.05) is 5.75 Å². The minimum Gasteiger partial charge on any atom is -0.294 e. The normalized spacial score (nSPS) is 13.6. The van der Waals surface area contributed by atoms with Gasteiger partial charge < -0.3 is 0 Å². The molecule has 0 heterocycles. The van der Waals surface area contributed by atoms with E-state index in [1.54, 1.807) is 17.8 Å². The average Bonchev–Trinajstić information content (AvgIpc) is 1.93. The first-order valence-electron chi connectivity index (χ1n) is 4.95. The van der Waals surface area contributed by atoms with Crippen molar-refractivity contribution in [1.29, 1.82) is 0 Å². The molecule has 0 aliphatic heterocycles. The molecule has 0 aliphatic carbocycles. The van der Waals surface area contributed by atoms with Crippen molar-refractivity contribution in [1.82, 2.24) is 0 Å². The summed E-state index contributed by atoms with van der Waals surface area (Å²) in [6.45, 7) is 12.4. The zero-order valence-corrected chi connectivity index (χ0v) is 11.0. The van der Waals surface area contributed by atoms with Crippen LogP contribution in [-0.2, 0) is 4.79 Å². The van der Waals surface area contributed by atoms with Crippen LogP contribution in [0.4, 0.5) is 0 Å². The van der Waals surface area contributed by atoms with Crippen molar-refractivity contribution in [2.45, 2.75) is 41.5 Å². The van der Waals surface area contributed by atoms with Gasteiger partial charge in [0.2, 0.25) is 0 Å². The summed E-state index contributed by atoms with van der Waals surface area (Å²) in [7, 11) is 0. The van der Waals surface area contributed by atoms with E-state index in [2.05, 4.69) is 20.8 Å². The van der Waals surface area contributed by atoms with Crippen LogP contribution < -0.4 is 0 Å². The number of ketones is 1. The first kappa shape index (κ1) is 13.8. The summed E-state index contributed by atoms with van der Waals surface area (Å²) in [4.78, 5) is 11.5. The van der Waals surface area contributed by atoms with Gasteiger partial charge in [-0.25, -0.2) is 0 Å². The van der Waals surface area contributed by atoms with Crippen LogP contribution in [-0.4, -0.2) is 11.5 Å². The van der Waals surface area contributed by atoms with Gasteiger partial charge in [-0.05, 0) is 16.9 Å². The third kappa shape index (κ3) is 7.19. The molecule has 82 valence electrons. The Bertz CT molecular complexity index is 215. The van der Waals surface area contributed by atoms with Crippen molar-refractivity contribution in [3.05, 3.63) is 11.5 Å². The van der Waals surface area contributed by atoms with Crippen LogP contribution in [0, 0.1) is 10.8 Å². The van der Waals surface area contributed by atoms with Gasteiger partial charge in [0.05, 0.1) is 0 Å². The SMILES string of the molecule is CC(C)(C)CS/C=C/C(=O)C(C)(C)C. The van der Waals surface area contributed by atoms with Gasteiger partial charge in [-0.1, -0.05) is 41.5 Å². The maximum absolute atomic E-state index is 11.5. The summed E-state index contributed by atoms with van der Waals surface area (Å²) in [5.74, 6) is 1.24. The van der Waals surface area contributed by atoms with Crippen molar-refractivity contribution in [3.8, 4) is 0 Å². The first-order valence-corrected chi connectivity index (χ1v) is 6.00. The maximum atomic E-state index is 11.5. The van der Waals surface area contributed by atoms with Gasteiger partial charge in [0.15, 0.2) is 5.78 Å². The fraction of sp³-hybridized carbons (Fsp3) is 0.750. The van der Waals surface area contributed by atoms with Crippen LogP contribution >= 0.6 is 11.8 Å². The Kier molecular flexibility index (Phi) is 4.93. The molecular weight excluding hydrogens is 192 g/mol. The standard InChI is InChI=1S/C12H22OS/c1-11(2,3)9-14-8-7-10(13)12(4,5)6/h7-8H,9H2,1-6H3/b8-7+. The van der Waals surface area contributed by atoms with Crippen LogP contribution in [0.3, 0.4) is 0 Å². The molecule has 0 spiro atoms. The van der Waals surface area contributed by atoms with Gasteiger partial charge in [0, 0.05) is 11.2 Å². The summed E-state index contributed by atoms with van der Waals surface area (Å²) in [6.07, 6.45) is 1.69. The minimum atomic E-state index is -0.251. The molecule has 0 atom stereocenters. The number of rotatable bonds is 3. The lowest BCUT2D eigenvalue weighted by Crippen LogP contribution is -2.17. The average molecular weight is 214 g/mol. The number of hydrogen-bond donors (Lipinski definition) is 0. The molecule has 0 amide bonds. The predicted molar refractivity (Wildman–Crippen MR) is 65.5 cm³/mol.